The second-order valence-electron chi connectivity index (χ2n) is 3.79. The standard InChI is InChI=1S/C10H13ClN2S2/c1-13(10(14)12-7-2-3-7)6-8-4-5-9(11)15-8/h4-5,7H,2-3,6H2,1H3,(H,12,14). The second kappa shape index (κ2) is 4.68. The topological polar surface area (TPSA) is 15.3 Å². The van der Waals surface area contributed by atoms with Crippen molar-refractivity contribution in [3.63, 3.8) is 0 Å². The van der Waals surface area contributed by atoms with Gasteiger partial charge in [-0.25, -0.2) is 0 Å². The largest absolute Gasteiger partial charge is 0.360 e. The molecule has 0 spiro atoms. The van der Waals surface area contributed by atoms with Crippen LogP contribution in [0.4, 0.5) is 0 Å². The highest BCUT2D eigenvalue weighted by Crippen LogP contribution is 2.23. The van der Waals surface area contributed by atoms with Crippen molar-refractivity contribution in [2.45, 2.75) is 25.4 Å². The minimum atomic E-state index is 0.617. The number of hydrogen-bond acceptors (Lipinski definition) is 2. The molecule has 1 N–H and O–H groups in total. The lowest BCUT2D eigenvalue weighted by Crippen LogP contribution is -2.37. The maximum Gasteiger partial charge on any atom is 0.169 e. The molecule has 2 rings (SSSR count). The van der Waals surface area contributed by atoms with Crippen molar-refractivity contribution < 1.29 is 0 Å². The number of nitrogens with one attached hydrogen (secondary N) is 1. The highest BCUT2D eigenvalue weighted by molar-refractivity contribution is 7.80. The summed E-state index contributed by atoms with van der Waals surface area (Å²) >= 11 is 12.8. The Morgan fingerprint density at radius 1 is 1.67 bits per heavy atom. The zero-order chi connectivity index (χ0) is 10.8. The van der Waals surface area contributed by atoms with Crippen LogP contribution in [0.25, 0.3) is 0 Å². The smallest absolute Gasteiger partial charge is 0.169 e. The third-order valence-corrected chi connectivity index (χ3v) is 3.92. The summed E-state index contributed by atoms with van der Waals surface area (Å²) in [6.45, 7) is 0.829. The number of thiophene rings is 1. The zero-order valence-electron chi connectivity index (χ0n) is 8.50. The molecular weight excluding hydrogens is 248 g/mol. The molecule has 1 aliphatic rings. The Morgan fingerprint density at radius 2 is 2.40 bits per heavy atom. The molecule has 0 unspecified atom stereocenters. The van der Waals surface area contributed by atoms with Crippen molar-refractivity contribution >= 4 is 40.3 Å². The molecule has 1 aromatic heterocycles. The highest BCUT2D eigenvalue weighted by Gasteiger charge is 2.22. The molecule has 82 valence electrons. The average molecular weight is 261 g/mol. The van der Waals surface area contributed by atoms with Gasteiger partial charge in [0.1, 0.15) is 0 Å². The van der Waals surface area contributed by atoms with Crippen molar-refractivity contribution in [3.05, 3.63) is 21.3 Å². The molecule has 2 nitrogen and oxygen atoms in total. The van der Waals surface area contributed by atoms with E-state index in [4.69, 9.17) is 23.8 Å². The Balaban J connectivity index is 1.84. The molecule has 1 aliphatic carbocycles. The molecule has 0 radical (unpaired) electrons. The quantitative estimate of drug-likeness (QED) is 0.842. The highest BCUT2D eigenvalue weighted by atomic mass is 35.5. The fourth-order valence-electron chi connectivity index (χ4n) is 1.25. The van der Waals surface area contributed by atoms with Crippen LogP contribution in [0.5, 0.6) is 0 Å². The van der Waals surface area contributed by atoms with Gasteiger partial charge in [0.05, 0.1) is 10.9 Å². The number of hydrogen-bond donors (Lipinski definition) is 1. The summed E-state index contributed by atoms with van der Waals surface area (Å²) in [6, 6.07) is 4.59. The summed E-state index contributed by atoms with van der Waals surface area (Å²) in [6.07, 6.45) is 2.50. The van der Waals surface area contributed by atoms with E-state index >= 15 is 0 Å². The summed E-state index contributed by atoms with van der Waals surface area (Å²) in [4.78, 5) is 3.29. The van der Waals surface area contributed by atoms with E-state index in [1.807, 2.05) is 19.2 Å². The van der Waals surface area contributed by atoms with Gasteiger partial charge in [0.25, 0.3) is 0 Å². The van der Waals surface area contributed by atoms with Gasteiger partial charge in [-0.2, -0.15) is 0 Å². The summed E-state index contributed by atoms with van der Waals surface area (Å²) < 4.78 is 0.833. The molecule has 0 saturated heterocycles. The van der Waals surface area contributed by atoms with Gasteiger partial charge in [-0.3, -0.25) is 0 Å². The molecule has 0 amide bonds. The van der Waals surface area contributed by atoms with Crippen LogP contribution in [0.2, 0.25) is 4.34 Å². The molecule has 0 atom stereocenters. The van der Waals surface area contributed by atoms with E-state index in [0.29, 0.717) is 6.04 Å². The lowest BCUT2D eigenvalue weighted by molar-refractivity contribution is 0.493. The molecule has 1 saturated carbocycles. The third kappa shape index (κ3) is 3.33. The monoisotopic (exact) mass is 260 g/mol. The van der Waals surface area contributed by atoms with Crippen molar-refractivity contribution in [3.8, 4) is 0 Å². The van der Waals surface area contributed by atoms with Gasteiger partial charge >= 0.3 is 0 Å². The van der Waals surface area contributed by atoms with Crippen molar-refractivity contribution in [1.29, 1.82) is 0 Å². The molecular formula is C10H13ClN2S2. The third-order valence-electron chi connectivity index (χ3n) is 2.27. The summed E-state index contributed by atoms with van der Waals surface area (Å²) in [5.41, 5.74) is 0. The van der Waals surface area contributed by atoms with Gasteiger partial charge < -0.3 is 10.2 Å². The summed E-state index contributed by atoms with van der Waals surface area (Å²) in [5, 5.41) is 4.14. The first-order valence-corrected chi connectivity index (χ1v) is 6.51. The van der Waals surface area contributed by atoms with Crippen LogP contribution in [-0.2, 0) is 6.54 Å². The van der Waals surface area contributed by atoms with Gasteiger partial charge in [-0.1, -0.05) is 11.6 Å². The maximum absolute atomic E-state index is 5.87. The Labute approximate surface area is 104 Å². The van der Waals surface area contributed by atoms with Crippen LogP contribution in [-0.4, -0.2) is 23.1 Å². The molecule has 0 aromatic carbocycles. The average Bonchev–Trinajstić information content (AvgIpc) is 2.90. The predicted octanol–water partition coefficient (Wildman–Crippen LogP) is 2.87. The first-order valence-electron chi connectivity index (χ1n) is 4.91. The van der Waals surface area contributed by atoms with Gasteiger partial charge in [0.15, 0.2) is 5.11 Å². The van der Waals surface area contributed by atoms with Gasteiger partial charge in [-0.15, -0.1) is 11.3 Å². The number of rotatable bonds is 3. The van der Waals surface area contributed by atoms with E-state index in [1.165, 1.54) is 17.7 Å². The molecule has 0 bridgehead atoms. The predicted molar refractivity (Wildman–Crippen MR) is 69.6 cm³/mol. The zero-order valence-corrected chi connectivity index (χ0v) is 10.9. The van der Waals surface area contributed by atoms with Crippen molar-refractivity contribution in [2.75, 3.05) is 7.05 Å². The minimum Gasteiger partial charge on any atom is -0.360 e. The minimum absolute atomic E-state index is 0.617. The number of nitrogens with zero attached hydrogens (tertiary/aromatic N) is 1. The van der Waals surface area contributed by atoms with Crippen LogP contribution in [0.3, 0.4) is 0 Å². The second-order valence-corrected chi connectivity index (χ2v) is 5.97. The van der Waals surface area contributed by atoms with E-state index in [-0.39, 0.29) is 0 Å². The van der Waals surface area contributed by atoms with Gasteiger partial charge in [-0.05, 0) is 37.2 Å². The Morgan fingerprint density at radius 3 is 2.93 bits per heavy atom. The van der Waals surface area contributed by atoms with E-state index < -0.39 is 0 Å². The SMILES string of the molecule is CN(Cc1ccc(Cl)s1)C(=S)NC1CC1. The van der Waals surface area contributed by atoms with Crippen LogP contribution >= 0.6 is 35.2 Å². The van der Waals surface area contributed by atoms with E-state index in [1.54, 1.807) is 11.3 Å². The molecule has 0 aliphatic heterocycles. The Kier molecular flexibility index (Phi) is 3.49. The van der Waals surface area contributed by atoms with E-state index in [0.717, 1.165) is 16.0 Å². The molecule has 5 heteroatoms. The van der Waals surface area contributed by atoms with Gasteiger partial charge in [0, 0.05) is 18.0 Å². The van der Waals surface area contributed by atoms with Crippen molar-refractivity contribution in [2.24, 2.45) is 0 Å². The molecule has 1 fully saturated rings. The number of thiocarbonyl (C=S) groups is 1. The van der Waals surface area contributed by atoms with Crippen molar-refractivity contribution in [1.82, 2.24) is 10.2 Å². The molecule has 1 aromatic rings. The maximum atomic E-state index is 5.87. The summed E-state index contributed by atoms with van der Waals surface area (Å²) in [7, 11) is 2.01. The van der Waals surface area contributed by atoms with E-state index in [9.17, 15) is 0 Å². The molecule has 1 heterocycles. The first-order chi connectivity index (χ1) is 7.15. The van der Waals surface area contributed by atoms with Crippen LogP contribution in [0, 0.1) is 0 Å². The number of halogens is 1. The fourth-order valence-corrected chi connectivity index (χ4v) is 2.63. The normalized spacial score (nSPS) is 15.1. The lowest BCUT2D eigenvalue weighted by atomic mass is 10.4. The van der Waals surface area contributed by atoms with E-state index in [2.05, 4.69) is 10.2 Å². The summed E-state index contributed by atoms with van der Waals surface area (Å²) in [5.74, 6) is 0. The molecule has 15 heavy (non-hydrogen) atoms. The Hall–Kier alpha value is -0.320. The fraction of sp³-hybridized carbons (Fsp3) is 0.500. The van der Waals surface area contributed by atoms with Crippen LogP contribution in [0.15, 0.2) is 12.1 Å². The van der Waals surface area contributed by atoms with Crippen LogP contribution in [0.1, 0.15) is 17.7 Å². The van der Waals surface area contributed by atoms with Gasteiger partial charge in [0.2, 0.25) is 0 Å². The van der Waals surface area contributed by atoms with Crippen LogP contribution < -0.4 is 5.32 Å². The lowest BCUT2D eigenvalue weighted by Gasteiger charge is -2.20. The first kappa shape index (κ1) is 11.2. The Bertz CT molecular complexity index is 360.